The van der Waals surface area contributed by atoms with E-state index in [9.17, 15) is 5.11 Å². The highest BCUT2D eigenvalue weighted by atomic mass is 16.5. The van der Waals surface area contributed by atoms with Crippen LogP contribution in [-0.4, -0.2) is 49.5 Å². The summed E-state index contributed by atoms with van der Waals surface area (Å²) in [5, 5.41) is 12.2. The second-order valence-electron chi connectivity index (χ2n) is 10.0. The molecule has 6 rings (SSSR count). The van der Waals surface area contributed by atoms with Gasteiger partial charge in [0.25, 0.3) is 0 Å². The van der Waals surface area contributed by atoms with Crippen molar-refractivity contribution in [1.29, 1.82) is 0 Å². The van der Waals surface area contributed by atoms with E-state index in [1.165, 1.54) is 31.5 Å². The van der Waals surface area contributed by atoms with E-state index in [-0.39, 0.29) is 1.43 Å². The fraction of sp³-hybridized carbons (Fsp3) is 0.571. The maximum absolute atomic E-state index is 12.2. The quantitative estimate of drug-likeness (QED) is 0.638. The lowest BCUT2D eigenvalue weighted by atomic mass is 9.66. The van der Waals surface area contributed by atoms with Gasteiger partial charge in [-0.15, -0.1) is 0 Å². The van der Waals surface area contributed by atoms with Gasteiger partial charge in [-0.05, 0) is 80.6 Å². The van der Waals surface area contributed by atoms with Crippen molar-refractivity contribution in [1.82, 2.24) is 4.90 Å². The van der Waals surface area contributed by atoms with Gasteiger partial charge in [0.15, 0.2) is 0 Å². The first-order chi connectivity index (χ1) is 15.7. The number of para-hydroxylation sites is 1. The fourth-order valence-corrected chi connectivity index (χ4v) is 6.07. The molecule has 0 amide bonds. The number of ether oxygens (including phenoxy) is 2. The Morgan fingerprint density at radius 2 is 1.69 bits per heavy atom. The first-order valence-corrected chi connectivity index (χ1v) is 12.5. The van der Waals surface area contributed by atoms with Gasteiger partial charge < -0.3 is 19.5 Å². The molecule has 0 aliphatic carbocycles. The Morgan fingerprint density at radius 1 is 0.969 bits per heavy atom. The Kier molecular flexibility index (Phi) is 6.82. The molecule has 174 valence electrons. The van der Waals surface area contributed by atoms with Crippen molar-refractivity contribution >= 4 is 0 Å². The van der Waals surface area contributed by atoms with Crippen LogP contribution in [0.1, 0.15) is 44.7 Å². The van der Waals surface area contributed by atoms with Crippen molar-refractivity contribution in [3.63, 3.8) is 0 Å². The van der Waals surface area contributed by atoms with E-state index in [0.29, 0.717) is 17.8 Å². The maximum atomic E-state index is 12.2. The van der Waals surface area contributed by atoms with Crippen LogP contribution in [0.25, 0.3) is 0 Å². The fourth-order valence-electron chi connectivity index (χ4n) is 6.07. The molecule has 4 aliphatic rings. The number of hydrogen-bond donors (Lipinski definition) is 1. The smallest absolute Gasteiger partial charge is 0.122 e. The number of piperidine rings is 3. The average Bonchev–Trinajstić information content (AvgIpc) is 2.88. The highest BCUT2D eigenvalue weighted by Crippen LogP contribution is 2.46. The lowest BCUT2D eigenvalue weighted by molar-refractivity contribution is -0.106. The Labute approximate surface area is 194 Å². The first-order valence-electron chi connectivity index (χ1n) is 12.5. The van der Waals surface area contributed by atoms with Gasteiger partial charge in [0, 0.05) is 27.1 Å². The molecule has 4 saturated heterocycles. The zero-order valence-electron chi connectivity index (χ0n) is 19.1. The largest absolute Gasteiger partial charge is 0.493 e. The second kappa shape index (κ2) is 9.94. The zero-order chi connectivity index (χ0) is 21.8. The summed E-state index contributed by atoms with van der Waals surface area (Å²) in [7, 11) is 0. The Bertz CT molecular complexity index is 864. The van der Waals surface area contributed by atoms with E-state index >= 15 is 0 Å². The third-order valence-corrected chi connectivity index (χ3v) is 8.11. The van der Waals surface area contributed by atoms with Crippen LogP contribution in [0.5, 0.6) is 5.75 Å². The molecule has 32 heavy (non-hydrogen) atoms. The van der Waals surface area contributed by atoms with E-state index in [2.05, 4.69) is 53.4 Å². The van der Waals surface area contributed by atoms with Crippen LogP contribution in [0.4, 0.5) is 0 Å². The van der Waals surface area contributed by atoms with E-state index in [0.717, 1.165) is 63.4 Å². The topological polar surface area (TPSA) is 41.9 Å². The summed E-state index contributed by atoms with van der Waals surface area (Å²) in [6, 6.07) is 18.8. The summed E-state index contributed by atoms with van der Waals surface area (Å²) >= 11 is 0. The first kappa shape index (κ1) is 21.9. The van der Waals surface area contributed by atoms with Crippen molar-refractivity contribution in [2.24, 2.45) is 17.8 Å². The minimum atomic E-state index is -0.807. The van der Waals surface area contributed by atoms with Gasteiger partial charge in [-0.1, -0.05) is 48.5 Å². The van der Waals surface area contributed by atoms with E-state index < -0.39 is 5.60 Å². The Morgan fingerprint density at radius 3 is 2.41 bits per heavy atom. The Balaban J connectivity index is 0.00000259. The highest BCUT2D eigenvalue weighted by Gasteiger charge is 2.47. The van der Waals surface area contributed by atoms with Crippen molar-refractivity contribution in [3.05, 3.63) is 65.7 Å². The van der Waals surface area contributed by atoms with E-state index in [4.69, 9.17) is 9.47 Å². The van der Waals surface area contributed by atoms with Crippen LogP contribution >= 0.6 is 0 Å². The van der Waals surface area contributed by atoms with Gasteiger partial charge in [-0.3, -0.25) is 0 Å². The second-order valence-corrected chi connectivity index (χ2v) is 10.0. The monoisotopic (exact) mass is 437 g/mol. The van der Waals surface area contributed by atoms with Gasteiger partial charge in [0.2, 0.25) is 0 Å². The van der Waals surface area contributed by atoms with Crippen LogP contribution in [-0.2, 0) is 16.8 Å². The molecule has 2 aromatic rings. The molecule has 0 aromatic heterocycles. The number of hydrogen-bond acceptors (Lipinski definition) is 4. The molecule has 2 atom stereocenters. The summed E-state index contributed by atoms with van der Waals surface area (Å²) < 4.78 is 11.8. The summed E-state index contributed by atoms with van der Waals surface area (Å²) in [6.45, 7) is 5.84. The maximum Gasteiger partial charge on any atom is 0.122 e. The summed E-state index contributed by atoms with van der Waals surface area (Å²) in [5.74, 6) is 2.46. The lowest BCUT2D eigenvalue weighted by Crippen LogP contribution is -2.55. The lowest BCUT2D eigenvalue weighted by Gasteiger charge is -2.51. The third kappa shape index (κ3) is 4.73. The number of aryl methyl sites for hydroxylation is 1. The minimum absolute atomic E-state index is 0. The molecule has 0 spiro atoms. The van der Waals surface area contributed by atoms with Gasteiger partial charge in [0.1, 0.15) is 5.75 Å². The van der Waals surface area contributed by atoms with E-state index in [1.807, 2.05) is 6.07 Å². The predicted molar refractivity (Wildman–Crippen MR) is 129 cm³/mol. The van der Waals surface area contributed by atoms with Crippen LogP contribution in [0.3, 0.4) is 0 Å². The Hall–Kier alpha value is -1.88. The van der Waals surface area contributed by atoms with Crippen LogP contribution in [0.2, 0.25) is 0 Å². The minimum Gasteiger partial charge on any atom is -0.493 e. The van der Waals surface area contributed by atoms with Crippen molar-refractivity contribution in [3.8, 4) is 5.75 Å². The van der Waals surface area contributed by atoms with Crippen molar-refractivity contribution < 1.29 is 16.0 Å². The molecular formula is C28H39NO3. The SMILES string of the molecule is OC(CCc1ccccc1OCC1CCOCC1)(c1ccccc1)C1CN2CCC1CC2.[HH]. The van der Waals surface area contributed by atoms with Crippen LogP contribution in [0, 0.1) is 17.8 Å². The molecule has 0 saturated carbocycles. The summed E-state index contributed by atoms with van der Waals surface area (Å²) in [4.78, 5) is 2.55. The molecule has 4 aliphatic heterocycles. The molecule has 0 radical (unpaired) electrons. The molecule has 2 bridgehead atoms. The standard InChI is InChI=1S/C28H37NO3.H2/c30-28(25-7-2-1-3-8-25,26-20-29-16-11-23(26)12-17-29)15-10-24-6-4-5-9-27(24)32-21-22-13-18-31-19-14-22;/h1-9,22-23,26,30H,10-21H2;1H. The van der Waals surface area contributed by atoms with Crippen LogP contribution in [0.15, 0.2) is 54.6 Å². The molecule has 2 unspecified atom stereocenters. The molecule has 4 fully saturated rings. The number of nitrogens with zero attached hydrogens (tertiary/aromatic N) is 1. The highest BCUT2D eigenvalue weighted by molar-refractivity contribution is 5.34. The molecule has 2 aromatic carbocycles. The molecular weight excluding hydrogens is 398 g/mol. The van der Waals surface area contributed by atoms with Gasteiger partial charge >= 0.3 is 0 Å². The van der Waals surface area contributed by atoms with Crippen molar-refractivity contribution in [2.45, 2.75) is 44.1 Å². The number of aliphatic hydroxyl groups is 1. The van der Waals surface area contributed by atoms with E-state index in [1.54, 1.807) is 0 Å². The van der Waals surface area contributed by atoms with Crippen molar-refractivity contribution in [2.75, 3.05) is 39.5 Å². The zero-order valence-corrected chi connectivity index (χ0v) is 19.1. The number of fused-ring (bicyclic) bond motifs is 3. The van der Waals surface area contributed by atoms with Gasteiger partial charge in [-0.25, -0.2) is 0 Å². The van der Waals surface area contributed by atoms with Crippen LogP contribution < -0.4 is 4.74 Å². The average molecular weight is 438 g/mol. The van der Waals surface area contributed by atoms with Gasteiger partial charge in [-0.2, -0.15) is 0 Å². The molecule has 1 N–H and O–H groups in total. The number of benzene rings is 2. The normalized spacial score (nSPS) is 27.7. The number of rotatable bonds is 8. The third-order valence-electron chi connectivity index (χ3n) is 8.11. The summed E-state index contributed by atoms with van der Waals surface area (Å²) in [6.07, 6.45) is 6.13. The summed E-state index contributed by atoms with van der Waals surface area (Å²) in [5.41, 5.74) is 1.47. The predicted octanol–water partition coefficient (Wildman–Crippen LogP) is 4.90. The molecule has 4 heterocycles. The molecule has 4 nitrogen and oxygen atoms in total. The molecule has 4 heteroatoms. The van der Waals surface area contributed by atoms with Gasteiger partial charge in [0.05, 0.1) is 12.2 Å².